The predicted octanol–water partition coefficient (Wildman–Crippen LogP) is 4.02. The molecule has 7 heteroatoms. The van der Waals surface area contributed by atoms with Crippen molar-refractivity contribution in [2.24, 2.45) is 0 Å². The van der Waals surface area contributed by atoms with Crippen molar-refractivity contribution in [3.05, 3.63) is 102 Å². The zero-order valence-electron chi connectivity index (χ0n) is 16.6. The number of rotatable bonds is 8. The summed E-state index contributed by atoms with van der Waals surface area (Å²) < 4.78 is 16.2. The molecule has 2 aromatic heterocycles. The van der Waals surface area contributed by atoms with Crippen LogP contribution in [0.1, 0.15) is 22.0 Å². The van der Waals surface area contributed by atoms with Gasteiger partial charge in [0.25, 0.3) is 5.91 Å². The molecule has 0 bridgehead atoms. The summed E-state index contributed by atoms with van der Waals surface area (Å²) in [6.45, 7) is -0.145. The largest absolute Gasteiger partial charge is 0.459 e. The molecule has 1 amide bonds. The summed E-state index contributed by atoms with van der Waals surface area (Å²) in [5.74, 6) is -0.124. The summed E-state index contributed by atoms with van der Waals surface area (Å²) >= 11 is 0. The van der Waals surface area contributed by atoms with Crippen molar-refractivity contribution < 1.29 is 23.2 Å². The molecular formula is C24H20N2O5. The van der Waals surface area contributed by atoms with Crippen molar-refractivity contribution in [1.29, 1.82) is 0 Å². The first-order valence-corrected chi connectivity index (χ1v) is 9.74. The van der Waals surface area contributed by atoms with Crippen LogP contribution in [-0.2, 0) is 22.6 Å². The van der Waals surface area contributed by atoms with Crippen molar-refractivity contribution in [3.63, 3.8) is 0 Å². The van der Waals surface area contributed by atoms with Gasteiger partial charge in [0.2, 0.25) is 5.89 Å². The number of ether oxygens (including phenoxy) is 1. The number of nitrogens with zero attached hydrogens (tertiary/aromatic N) is 1. The lowest BCUT2D eigenvalue weighted by atomic mass is 10.1. The molecule has 2 aromatic carbocycles. The number of hydrogen-bond acceptors (Lipinski definition) is 6. The van der Waals surface area contributed by atoms with Gasteiger partial charge in [-0.1, -0.05) is 60.7 Å². The summed E-state index contributed by atoms with van der Waals surface area (Å²) in [7, 11) is 0. The molecule has 0 aliphatic heterocycles. The smallest absolute Gasteiger partial charge is 0.329 e. The van der Waals surface area contributed by atoms with Gasteiger partial charge in [0.05, 0.1) is 12.5 Å². The molecule has 4 aromatic rings. The fourth-order valence-corrected chi connectivity index (χ4v) is 3.03. The molecule has 0 fully saturated rings. The van der Waals surface area contributed by atoms with Gasteiger partial charge >= 0.3 is 5.97 Å². The Morgan fingerprint density at radius 2 is 1.71 bits per heavy atom. The maximum Gasteiger partial charge on any atom is 0.329 e. The van der Waals surface area contributed by atoms with E-state index in [0.29, 0.717) is 5.76 Å². The van der Waals surface area contributed by atoms with Crippen LogP contribution in [0, 0.1) is 0 Å². The first-order chi connectivity index (χ1) is 15.2. The minimum Gasteiger partial charge on any atom is -0.459 e. The van der Waals surface area contributed by atoms with E-state index in [9.17, 15) is 9.59 Å². The number of esters is 1. The third-order valence-corrected chi connectivity index (χ3v) is 4.57. The first kappa shape index (κ1) is 20.2. The summed E-state index contributed by atoms with van der Waals surface area (Å²) in [5, 5.41) is 2.68. The third kappa shape index (κ3) is 5.27. The second kappa shape index (κ2) is 9.58. The van der Waals surface area contributed by atoms with E-state index in [2.05, 4.69) is 10.3 Å². The average Bonchev–Trinajstić information content (AvgIpc) is 3.51. The molecule has 0 radical (unpaired) electrons. The van der Waals surface area contributed by atoms with E-state index in [-0.39, 0.29) is 24.7 Å². The fourth-order valence-electron chi connectivity index (χ4n) is 3.03. The van der Waals surface area contributed by atoms with Gasteiger partial charge in [0.1, 0.15) is 6.04 Å². The Morgan fingerprint density at radius 1 is 0.968 bits per heavy atom. The molecule has 2 heterocycles. The third-order valence-electron chi connectivity index (χ3n) is 4.57. The topological polar surface area (TPSA) is 94.6 Å². The first-order valence-electron chi connectivity index (χ1n) is 9.74. The Bertz CT molecular complexity index is 1120. The van der Waals surface area contributed by atoms with Crippen molar-refractivity contribution in [1.82, 2.24) is 10.3 Å². The van der Waals surface area contributed by atoms with Crippen LogP contribution in [0.15, 0.2) is 94.1 Å². The minimum absolute atomic E-state index is 0.117. The van der Waals surface area contributed by atoms with Gasteiger partial charge in [-0.15, -0.1) is 0 Å². The molecule has 7 nitrogen and oxygen atoms in total. The standard InChI is InChI=1S/C24H20N2O5/c27-23(20-12-7-13-29-20)26-19(14-17-8-3-1-4-9-17)24(28)30-16-22-25-15-21(31-22)18-10-5-2-6-11-18/h1-13,15,19H,14,16H2,(H,26,27)/t19-/m0/s1. The minimum atomic E-state index is -0.899. The molecule has 0 unspecified atom stereocenters. The van der Waals surface area contributed by atoms with Crippen LogP contribution in [0.25, 0.3) is 11.3 Å². The lowest BCUT2D eigenvalue weighted by molar-refractivity contribution is -0.148. The molecule has 156 valence electrons. The molecule has 0 saturated heterocycles. The molecule has 0 spiro atoms. The molecular weight excluding hydrogens is 396 g/mol. The molecule has 31 heavy (non-hydrogen) atoms. The normalized spacial score (nSPS) is 11.6. The van der Waals surface area contributed by atoms with E-state index in [0.717, 1.165) is 11.1 Å². The Hall–Kier alpha value is -4.13. The number of nitrogens with one attached hydrogen (secondary N) is 1. The lowest BCUT2D eigenvalue weighted by Gasteiger charge is -2.17. The van der Waals surface area contributed by atoms with Crippen molar-refractivity contribution in [2.45, 2.75) is 19.1 Å². The van der Waals surface area contributed by atoms with E-state index in [1.165, 1.54) is 12.3 Å². The van der Waals surface area contributed by atoms with Crippen LogP contribution in [0.3, 0.4) is 0 Å². The highest BCUT2D eigenvalue weighted by Crippen LogP contribution is 2.20. The van der Waals surface area contributed by atoms with Gasteiger partial charge in [-0.05, 0) is 17.7 Å². The van der Waals surface area contributed by atoms with Gasteiger partial charge in [0.15, 0.2) is 18.1 Å². The highest BCUT2D eigenvalue weighted by Gasteiger charge is 2.25. The number of carbonyl (C=O) groups is 2. The zero-order chi connectivity index (χ0) is 21.5. The van der Waals surface area contributed by atoms with Crippen molar-refractivity contribution in [2.75, 3.05) is 0 Å². The van der Waals surface area contributed by atoms with Crippen LogP contribution in [0.5, 0.6) is 0 Å². The van der Waals surface area contributed by atoms with E-state index in [1.54, 1.807) is 12.3 Å². The van der Waals surface area contributed by atoms with Gasteiger partial charge in [-0.25, -0.2) is 9.78 Å². The zero-order valence-corrected chi connectivity index (χ0v) is 16.6. The van der Waals surface area contributed by atoms with Gasteiger partial charge in [-0.3, -0.25) is 4.79 Å². The molecule has 0 aliphatic rings. The molecule has 0 saturated carbocycles. The van der Waals surface area contributed by atoms with Crippen LogP contribution in [-0.4, -0.2) is 22.9 Å². The van der Waals surface area contributed by atoms with E-state index in [1.807, 2.05) is 60.7 Å². The number of benzene rings is 2. The molecule has 1 N–H and O–H groups in total. The summed E-state index contributed by atoms with van der Waals surface area (Å²) in [6, 6.07) is 21.1. The summed E-state index contributed by atoms with van der Waals surface area (Å²) in [4.78, 5) is 29.3. The molecule has 1 atom stereocenters. The van der Waals surface area contributed by atoms with E-state index < -0.39 is 17.9 Å². The van der Waals surface area contributed by atoms with E-state index >= 15 is 0 Å². The Morgan fingerprint density at radius 3 is 2.42 bits per heavy atom. The van der Waals surface area contributed by atoms with Crippen LogP contribution in [0.4, 0.5) is 0 Å². The monoisotopic (exact) mass is 416 g/mol. The van der Waals surface area contributed by atoms with Crippen LogP contribution >= 0.6 is 0 Å². The SMILES string of the molecule is O=C(N[C@@H](Cc1ccccc1)C(=O)OCc1ncc(-c2ccccc2)o1)c1ccco1. The maximum atomic E-state index is 12.8. The number of aromatic nitrogens is 1. The molecule has 0 aliphatic carbocycles. The molecule has 4 rings (SSSR count). The second-order valence-corrected chi connectivity index (χ2v) is 6.79. The Balaban J connectivity index is 1.42. The van der Waals surface area contributed by atoms with Crippen molar-refractivity contribution >= 4 is 11.9 Å². The maximum absolute atomic E-state index is 12.8. The average molecular weight is 416 g/mol. The lowest BCUT2D eigenvalue weighted by Crippen LogP contribution is -2.43. The highest BCUT2D eigenvalue weighted by molar-refractivity contribution is 5.94. The number of furan rings is 1. The number of hydrogen-bond donors (Lipinski definition) is 1. The Kier molecular flexibility index (Phi) is 6.23. The van der Waals surface area contributed by atoms with E-state index in [4.69, 9.17) is 13.6 Å². The highest BCUT2D eigenvalue weighted by atomic mass is 16.5. The number of amides is 1. The number of oxazole rings is 1. The Labute approximate surface area is 178 Å². The van der Waals surface area contributed by atoms with Gasteiger partial charge in [0, 0.05) is 12.0 Å². The van der Waals surface area contributed by atoms with Crippen LogP contribution < -0.4 is 5.32 Å². The van der Waals surface area contributed by atoms with Gasteiger partial charge in [-0.2, -0.15) is 0 Å². The second-order valence-electron chi connectivity index (χ2n) is 6.79. The van der Waals surface area contributed by atoms with Gasteiger partial charge < -0.3 is 18.9 Å². The number of carbonyl (C=O) groups excluding carboxylic acids is 2. The quantitative estimate of drug-likeness (QED) is 0.436. The predicted molar refractivity (Wildman–Crippen MR) is 112 cm³/mol. The summed E-state index contributed by atoms with van der Waals surface area (Å²) in [5.41, 5.74) is 1.76. The fraction of sp³-hybridized carbons (Fsp3) is 0.125. The van der Waals surface area contributed by atoms with Crippen molar-refractivity contribution in [3.8, 4) is 11.3 Å². The van der Waals surface area contributed by atoms with Crippen LogP contribution in [0.2, 0.25) is 0 Å². The summed E-state index contributed by atoms with van der Waals surface area (Å²) in [6.07, 6.45) is 3.25.